The maximum Gasteiger partial charge on any atom is 0.167 e. The number of methoxy groups -OCH3 is 1. The maximum atomic E-state index is 14.9. The molecular weight excluding hydrogens is 356 g/mol. The van der Waals surface area contributed by atoms with E-state index < -0.39 is 22.8 Å². The Morgan fingerprint density at radius 2 is 1.65 bits per heavy atom. The van der Waals surface area contributed by atoms with Crippen LogP contribution in [-0.2, 0) is 0 Å². The fourth-order valence-corrected chi connectivity index (χ4v) is 3.21. The van der Waals surface area contributed by atoms with Crippen LogP contribution in [-0.4, -0.2) is 12.9 Å². The molecule has 0 amide bonds. The van der Waals surface area contributed by atoms with Crippen LogP contribution in [0.4, 0.5) is 20.2 Å². The minimum atomic E-state index is -0.937. The lowest BCUT2D eigenvalue weighted by molar-refractivity contribution is 0.415. The lowest BCUT2D eigenvalue weighted by atomic mass is 10.1. The molecule has 7 heteroatoms. The molecule has 0 bridgehead atoms. The van der Waals surface area contributed by atoms with Crippen molar-refractivity contribution in [3.05, 3.63) is 47.0 Å². The van der Waals surface area contributed by atoms with Crippen LogP contribution in [0.2, 0.25) is 0 Å². The second-order valence-electron chi connectivity index (χ2n) is 5.86. The number of hydrogen-bond acceptors (Lipinski definition) is 5. The zero-order valence-corrected chi connectivity index (χ0v) is 15.4. The highest BCUT2D eigenvalue weighted by molar-refractivity contribution is 7.99. The first-order valence-electron chi connectivity index (χ1n) is 7.81. The molecule has 2 rings (SSSR count). The number of halogens is 2. The Balaban J connectivity index is 2.58. The van der Waals surface area contributed by atoms with Gasteiger partial charge in [-0.3, -0.25) is 0 Å². The van der Waals surface area contributed by atoms with Gasteiger partial charge in [0.15, 0.2) is 11.6 Å². The molecule has 0 saturated heterocycles. The Morgan fingerprint density at radius 1 is 1.08 bits per heavy atom. The molecule has 2 aromatic carbocycles. The van der Waals surface area contributed by atoms with Gasteiger partial charge in [0.05, 0.1) is 17.7 Å². The lowest BCUT2D eigenvalue weighted by Gasteiger charge is -2.17. The molecular formula is C19H17F2N3OS. The predicted molar refractivity (Wildman–Crippen MR) is 97.6 cm³/mol. The van der Waals surface area contributed by atoms with Crippen molar-refractivity contribution in [2.75, 3.05) is 18.2 Å². The van der Waals surface area contributed by atoms with Crippen molar-refractivity contribution in [2.45, 2.75) is 18.7 Å². The number of nitrogens with zero attached hydrogens (tertiary/aromatic N) is 2. The molecule has 26 heavy (non-hydrogen) atoms. The van der Waals surface area contributed by atoms with Gasteiger partial charge in [-0.2, -0.15) is 10.5 Å². The van der Waals surface area contributed by atoms with Crippen LogP contribution in [0.3, 0.4) is 0 Å². The van der Waals surface area contributed by atoms with Gasteiger partial charge in [-0.25, -0.2) is 8.78 Å². The summed E-state index contributed by atoms with van der Waals surface area (Å²) in [5.74, 6) is -0.434. The van der Waals surface area contributed by atoms with Gasteiger partial charge in [0, 0.05) is 11.4 Å². The molecule has 0 aliphatic heterocycles. The van der Waals surface area contributed by atoms with E-state index in [1.165, 1.54) is 7.11 Å². The van der Waals surface area contributed by atoms with Crippen LogP contribution in [0, 0.1) is 40.2 Å². The van der Waals surface area contributed by atoms with Crippen molar-refractivity contribution in [3.63, 3.8) is 0 Å². The molecule has 0 unspecified atom stereocenters. The average Bonchev–Trinajstić information content (AvgIpc) is 2.64. The molecule has 0 aromatic heterocycles. The van der Waals surface area contributed by atoms with Gasteiger partial charge in [-0.05, 0) is 30.2 Å². The van der Waals surface area contributed by atoms with E-state index >= 15 is 0 Å². The smallest absolute Gasteiger partial charge is 0.167 e. The lowest BCUT2D eigenvalue weighted by Crippen LogP contribution is -2.06. The number of nitriles is 2. The summed E-state index contributed by atoms with van der Waals surface area (Å²) in [7, 11) is 1.53. The molecule has 0 aliphatic carbocycles. The zero-order valence-electron chi connectivity index (χ0n) is 14.6. The Bertz CT molecular complexity index is 884. The Morgan fingerprint density at radius 3 is 2.15 bits per heavy atom. The van der Waals surface area contributed by atoms with Crippen molar-refractivity contribution in [3.8, 4) is 17.9 Å². The molecule has 2 aromatic rings. The first-order chi connectivity index (χ1) is 12.4. The zero-order chi connectivity index (χ0) is 19.3. The number of hydrogen-bond donors (Lipinski definition) is 1. The minimum Gasteiger partial charge on any atom is -0.497 e. The van der Waals surface area contributed by atoms with E-state index in [0.29, 0.717) is 17.2 Å². The normalized spacial score (nSPS) is 10.3. The van der Waals surface area contributed by atoms with Crippen molar-refractivity contribution in [2.24, 2.45) is 5.92 Å². The first kappa shape index (κ1) is 19.6. The summed E-state index contributed by atoms with van der Waals surface area (Å²) in [4.78, 5) is -0.0115. The minimum absolute atomic E-state index is 0.0115. The van der Waals surface area contributed by atoms with E-state index in [4.69, 9.17) is 15.3 Å². The highest BCUT2D eigenvalue weighted by Crippen LogP contribution is 2.39. The van der Waals surface area contributed by atoms with Gasteiger partial charge in [-0.1, -0.05) is 13.8 Å². The van der Waals surface area contributed by atoms with Gasteiger partial charge in [0.1, 0.15) is 29.0 Å². The monoisotopic (exact) mass is 373 g/mol. The molecule has 0 aliphatic rings. The van der Waals surface area contributed by atoms with Gasteiger partial charge in [-0.15, -0.1) is 11.8 Å². The fraction of sp³-hybridized carbons (Fsp3) is 0.263. The number of anilines is 2. The topological polar surface area (TPSA) is 68.8 Å². The van der Waals surface area contributed by atoms with Crippen LogP contribution >= 0.6 is 11.8 Å². The fourth-order valence-electron chi connectivity index (χ4n) is 2.19. The van der Waals surface area contributed by atoms with Crippen molar-refractivity contribution in [1.29, 1.82) is 10.5 Å². The summed E-state index contributed by atoms with van der Waals surface area (Å²) in [6.45, 7) is 3.90. The third kappa shape index (κ3) is 4.07. The van der Waals surface area contributed by atoms with E-state index in [9.17, 15) is 8.78 Å². The van der Waals surface area contributed by atoms with Crippen molar-refractivity contribution >= 4 is 23.1 Å². The van der Waals surface area contributed by atoms with Gasteiger partial charge < -0.3 is 10.1 Å². The molecule has 0 atom stereocenters. The number of ether oxygens (including phenoxy) is 1. The summed E-state index contributed by atoms with van der Waals surface area (Å²) in [6, 6.07) is 9.83. The average molecular weight is 373 g/mol. The Labute approximate surface area is 155 Å². The summed E-state index contributed by atoms with van der Waals surface area (Å²) < 4.78 is 34.8. The third-order valence-electron chi connectivity index (χ3n) is 3.48. The van der Waals surface area contributed by atoms with Crippen LogP contribution in [0.25, 0.3) is 0 Å². The van der Waals surface area contributed by atoms with Crippen molar-refractivity contribution < 1.29 is 13.5 Å². The van der Waals surface area contributed by atoms with Crippen LogP contribution in [0.5, 0.6) is 5.75 Å². The second kappa shape index (κ2) is 8.55. The Hall–Kier alpha value is -2.77. The standard InChI is InChI=1S/C19H17F2N3OS/c1-11(2)10-26-19-17(21)15(9-23)14(8-22)16(20)18(19)24-12-4-6-13(25-3)7-5-12/h4-7,11,24H,10H2,1-3H3. The summed E-state index contributed by atoms with van der Waals surface area (Å²) >= 11 is 1.11. The highest BCUT2D eigenvalue weighted by Gasteiger charge is 2.25. The predicted octanol–water partition coefficient (Wildman–Crippen LogP) is 5.21. The SMILES string of the molecule is COc1ccc(Nc2c(F)c(C#N)c(C#N)c(F)c2SCC(C)C)cc1. The van der Waals surface area contributed by atoms with Gasteiger partial charge in [0.2, 0.25) is 0 Å². The third-order valence-corrected chi connectivity index (χ3v) is 4.98. The van der Waals surface area contributed by atoms with E-state index in [-0.39, 0.29) is 16.5 Å². The number of nitrogens with one attached hydrogen (secondary N) is 1. The number of benzene rings is 2. The summed E-state index contributed by atoms with van der Waals surface area (Å²) in [6.07, 6.45) is 0. The van der Waals surface area contributed by atoms with Gasteiger partial charge >= 0.3 is 0 Å². The molecule has 4 nitrogen and oxygen atoms in total. The molecule has 134 valence electrons. The summed E-state index contributed by atoms with van der Waals surface area (Å²) in [5, 5.41) is 21.1. The van der Waals surface area contributed by atoms with E-state index in [2.05, 4.69) is 5.32 Å². The van der Waals surface area contributed by atoms with E-state index in [1.807, 2.05) is 13.8 Å². The van der Waals surface area contributed by atoms with E-state index in [1.54, 1.807) is 36.4 Å². The number of rotatable bonds is 6. The quantitative estimate of drug-likeness (QED) is 0.704. The second-order valence-corrected chi connectivity index (χ2v) is 6.89. The maximum absolute atomic E-state index is 14.9. The molecule has 0 saturated carbocycles. The largest absolute Gasteiger partial charge is 0.497 e. The molecule has 0 fully saturated rings. The molecule has 0 spiro atoms. The highest BCUT2D eigenvalue weighted by atomic mass is 32.2. The van der Waals surface area contributed by atoms with E-state index in [0.717, 1.165) is 11.8 Å². The number of thioether (sulfide) groups is 1. The molecule has 0 radical (unpaired) electrons. The van der Waals surface area contributed by atoms with Crippen LogP contribution in [0.1, 0.15) is 25.0 Å². The van der Waals surface area contributed by atoms with Gasteiger partial charge in [0.25, 0.3) is 0 Å². The van der Waals surface area contributed by atoms with Crippen molar-refractivity contribution in [1.82, 2.24) is 0 Å². The molecule has 0 heterocycles. The summed E-state index contributed by atoms with van der Waals surface area (Å²) in [5.41, 5.74) is -0.815. The Kier molecular flexibility index (Phi) is 6.43. The molecule has 1 N–H and O–H groups in total. The van der Waals surface area contributed by atoms with Crippen LogP contribution < -0.4 is 10.1 Å². The first-order valence-corrected chi connectivity index (χ1v) is 8.80. The van der Waals surface area contributed by atoms with Crippen LogP contribution in [0.15, 0.2) is 29.2 Å².